The van der Waals surface area contributed by atoms with Gasteiger partial charge in [0, 0.05) is 29.9 Å². The van der Waals surface area contributed by atoms with E-state index in [0.717, 1.165) is 17.0 Å². The molecule has 1 aromatic carbocycles. The Morgan fingerprint density at radius 1 is 1.33 bits per heavy atom. The average Bonchev–Trinajstić information content (AvgIpc) is 2.34. The first-order chi connectivity index (χ1) is 8.52. The van der Waals surface area contributed by atoms with Crippen LogP contribution in [0.25, 0.3) is 0 Å². The third-order valence-electron chi connectivity index (χ3n) is 2.99. The molecule has 1 atom stereocenters. The molecule has 0 radical (unpaired) electrons. The van der Waals surface area contributed by atoms with Gasteiger partial charge in [0.25, 0.3) is 0 Å². The lowest BCUT2D eigenvalue weighted by molar-refractivity contribution is 0.298. The van der Waals surface area contributed by atoms with Crippen LogP contribution in [-0.2, 0) is 0 Å². The van der Waals surface area contributed by atoms with Gasteiger partial charge in [0.05, 0.1) is 13.7 Å². The van der Waals surface area contributed by atoms with Gasteiger partial charge in [-0.3, -0.25) is 0 Å². The van der Waals surface area contributed by atoms with Gasteiger partial charge in [0.1, 0.15) is 5.75 Å². The largest absolute Gasteiger partial charge is 0.496 e. The van der Waals surface area contributed by atoms with E-state index in [1.807, 2.05) is 25.1 Å². The fourth-order valence-corrected chi connectivity index (χ4v) is 2.18. The molecule has 0 amide bonds. The van der Waals surface area contributed by atoms with Crippen molar-refractivity contribution in [3.8, 4) is 5.75 Å². The zero-order chi connectivity index (χ0) is 13.7. The number of anilines is 1. The van der Waals surface area contributed by atoms with E-state index in [2.05, 4.69) is 18.7 Å². The van der Waals surface area contributed by atoms with E-state index < -0.39 is 0 Å². The van der Waals surface area contributed by atoms with Crippen molar-refractivity contribution in [2.45, 2.75) is 32.9 Å². The van der Waals surface area contributed by atoms with Crippen molar-refractivity contribution in [3.05, 3.63) is 23.8 Å². The van der Waals surface area contributed by atoms with Crippen LogP contribution in [0.3, 0.4) is 0 Å². The zero-order valence-electron chi connectivity index (χ0n) is 11.7. The van der Waals surface area contributed by atoms with Crippen LogP contribution in [-0.4, -0.2) is 31.4 Å². The highest BCUT2D eigenvalue weighted by Gasteiger charge is 2.19. The fraction of sp³-hybridized carbons (Fsp3) is 0.571. The third kappa shape index (κ3) is 3.15. The van der Waals surface area contributed by atoms with Gasteiger partial charge >= 0.3 is 0 Å². The number of ether oxygens (including phenoxy) is 1. The van der Waals surface area contributed by atoms with Gasteiger partial charge in [-0.1, -0.05) is 6.07 Å². The van der Waals surface area contributed by atoms with Crippen LogP contribution < -0.4 is 15.4 Å². The van der Waals surface area contributed by atoms with Crippen molar-refractivity contribution < 1.29 is 9.84 Å². The molecule has 102 valence electrons. The minimum absolute atomic E-state index is 0.115. The van der Waals surface area contributed by atoms with Crippen molar-refractivity contribution in [1.82, 2.24) is 0 Å². The maximum atomic E-state index is 9.20. The molecular formula is C14H24N2O2. The first-order valence-corrected chi connectivity index (χ1v) is 6.32. The van der Waals surface area contributed by atoms with Crippen LogP contribution in [0.1, 0.15) is 32.4 Å². The predicted octanol–water partition coefficient (Wildman–Crippen LogP) is 1.92. The molecule has 0 aromatic heterocycles. The first kappa shape index (κ1) is 14.8. The Bertz CT molecular complexity index is 378. The van der Waals surface area contributed by atoms with Gasteiger partial charge < -0.3 is 20.5 Å². The van der Waals surface area contributed by atoms with Crippen LogP contribution in [0.5, 0.6) is 5.75 Å². The molecule has 1 unspecified atom stereocenters. The summed E-state index contributed by atoms with van der Waals surface area (Å²) in [6.07, 6.45) is 0. The summed E-state index contributed by atoms with van der Waals surface area (Å²) in [5.74, 6) is 0.797. The van der Waals surface area contributed by atoms with Crippen LogP contribution in [0.15, 0.2) is 18.2 Å². The number of rotatable bonds is 6. The van der Waals surface area contributed by atoms with E-state index >= 15 is 0 Å². The number of hydrogen-bond donors (Lipinski definition) is 2. The Kier molecular flexibility index (Phi) is 5.44. The van der Waals surface area contributed by atoms with Crippen molar-refractivity contribution in [1.29, 1.82) is 0 Å². The fourth-order valence-electron chi connectivity index (χ4n) is 2.18. The van der Waals surface area contributed by atoms with Gasteiger partial charge in [0.2, 0.25) is 0 Å². The van der Waals surface area contributed by atoms with Gasteiger partial charge in [-0.15, -0.1) is 0 Å². The summed E-state index contributed by atoms with van der Waals surface area (Å²) < 4.78 is 5.39. The lowest BCUT2D eigenvalue weighted by Gasteiger charge is -2.32. The lowest BCUT2D eigenvalue weighted by Crippen LogP contribution is -2.34. The van der Waals surface area contributed by atoms with Crippen molar-refractivity contribution in [2.75, 3.05) is 25.2 Å². The van der Waals surface area contributed by atoms with Crippen molar-refractivity contribution >= 4 is 5.69 Å². The minimum atomic E-state index is -0.115. The van der Waals surface area contributed by atoms with E-state index in [-0.39, 0.29) is 12.6 Å². The molecule has 0 spiro atoms. The number of nitrogens with zero attached hydrogens (tertiary/aromatic N) is 1. The number of methoxy groups -OCH3 is 1. The molecule has 0 aliphatic rings. The molecule has 0 saturated heterocycles. The summed E-state index contributed by atoms with van der Waals surface area (Å²) in [6, 6.07) is 6.07. The Morgan fingerprint density at radius 3 is 2.44 bits per heavy atom. The van der Waals surface area contributed by atoms with Crippen LogP contribution in [0.2, 0.25) is 0 Å². The summed E-state index contributed by atoms with van der Waals surface area (Å²) in [6.45, 7) is 6.84. The van der Waals surface area contributed by atoms with E-state index in [1.54, 1.807) is 7.11 Å². The van der Waals surface area contributed by atoms with Gasteiger partial charge in [-0.05, 0) is 32.9 Å². The quantitative estimate of drug-likeness (QED) is 0.812. The average molecular weight is 252 g/mol. The van der Waals surface area contributed by atoms with Gasteiger partial charge in [-0.2, -0.15) is 0 Å². The molecule has 1 aromatic rings. The van der Waals surface area contributed by atoms with E-state index in [4.69, 9.17) is 10.5 Å². The van der Waals surface area contributed by atoms with E-state index in [1.165, 1.54) is 0 Å². The molecule has 0 aliphatic heterocycles. The minimum Gasteiger partial charge on any atom is -0.496 e. The summed E-state index contributed by atoms with van der Waals surface area (Å²) in [5, 5.41) is 9.20. The monoisotopic (exact) mass is 252 g/mol. The maximum Gasteiger partial charge on any atom is 0.125 e. The summed E-state index contributed by atoms with van der Waals surface area (Å²) in [5.41, 5.74) is 8.08. The topological polar surface area (TPSA) is 58.7 Å². The Balaban J connectivity index is 3.28. The van der Waals surface area contributed by atoms with Crippen LogP contribution in [0.4, 0.5) is 5.69 Å². The second-order valence-corrected chi connectivity index (χ2v) is 4.69. The number of nitrogens with two attached hydrogens (primary N) is 1. The third-order valence-corrected chi connectivity index (χ3v) is 2.99. The van der Waals surface area contributed by atoms with Gasteiger partial charge in [-0.25, -0.2) is 0 Å². The summed E-state index contributed by atoms with van der Waals surface area (Å²) >= 11 is 0. The molecule has 1 rings (SSSR count). The summed E-state index contributed by atoms with van der Waals surface area (Å²) in [7, 11) is 1.65. The SMILES string of the molecule is COc1cccc(N(CCO)C(C)C)c1C(C)N. The Morgan fingerprint density at radius 2 is 2.00 bits per heavy atom. The van der Waals surface area contributed by atoms with E-state index in [0.29, 0.717) is 12.6 Å². The van der Waals surface area contributed by atoms with Crippen LogP contribution >= 0.6 is 0 Å². The number of hydrogen-bond acceptors (Lipinski definition) is 4. The van der Waals surface area contributed by atoms with Crippen molar-refractivity contribution in [2.24, 2.45) is 5.73 Å². The summed E-state index contributed by atoms with van der Waals surface area (Å²) in [4.78, 5) is 2.14. The highest BCUT2D eigenvalue weighted by molar-refractivity contribution is 5.61. The molecule has 4 nitrogen and oxygen atoms in total. The highest BCUT2D eigenvalue weighted by atomic mass is 16.5. The molecule has 0 saturated carbocycles. The number of aliphatic hydroxyl groups excluding tert-OH is 1. The van der Waals surface area contributed by atoms with Gasteiger partial charge in [0.15, 0.2) is 0 Å². The van der Waals surface area contributed by atoms with Crippen LogP contribution in [0, 0.1) is 0 Å². The standard InChI is InChI=1S/C14H24N2O2/c1-10(2)16(8-9-17)12-6-5-7-13(18-4)14(12)11(3)15/h5-7,10-11,17H,8-9,15H2,1-4H3. The second-order valence-electron chi connectivity index (χ2n) is 4.69. The molecule has 18 heavy (non-hydrogen) atoms. The Labute approximate surface area is 109 Å². The molecule has 0 aliphatic carbocycles. The highest BCUT2D eigenvalue weighted by Crippen LogP contribution is 2.34. The molecule has 0 fully saturated rings. The molecule has 0 heterocycles. The number of benzene rings is 1. The molecular weight excluding hydrogens is 228 g/mol. The lowest BCUT2D eigenvalue weighted by atomic mass is 10.0. The molecule has 4 heteroatoms. The normalized spacial score (nSPS) is 12.6. The predicted molar refractivity (Wildman–Crippen MR) is 75.2 cm³/mol. The van der Waals surface area contributed by atoms with E-state index in [9.17, 15) is 5.11 Å². The maximum absolute atomic E-state index is 9.20. The Hall–Kier alpha value is -1.26. The smallest absolute Gasteiger partial charge is 0.125 e. The molecule has 3 N–H and O–H groups in total. The van der Waals surface area contributed by atoms with Crippen molar-refractivity contribution in [3.63, 3.8) is 0 Å². The molecule has 0 bridgehead atoms. The number of aliphatic hydroxyl groups is 1. The first-order valence-electron chi connectivity index (χ1n) is 6.32. The zero-order valence-corrected chi connectivity index (χ0v) is 11.7. The second kappa shape index (κ2) is 6.61.